The Morgan fingerprint density at radius 2 is 1.88 bits per heavy atom. The lowest BCUT2D eigenvalue weighted by atomic mass is 10.0. The molecule has 1 fully saturated rings. The van der Waals surface area contributed by atoms with E-state index in [9.17, 15) is 0 Å². The Bertz CT molecular complexity index is 905. The number of methoxy groups -OCH3 is 1. The van der Waals surface area contributed by atoms with Crippen molar-refractivity contribution in [3.63, 3.8) is 0 Å². The smallest absolute Gasteiger partial charge is 0.225 e. The summed E-state index contributed by atoms with van der Waals surface area (Å²) in [6, 6.07) is 8.10. The number of hydrogen-bond acceptors (Lipinski definition) is 6. The topological polar surface area (TPSA) is 47.5 Å². The number of nitrogens with zero attached hydrogens (tertiary/aromatic N) is 3. The minimum absolute atomic E-state index is 0.288. The third-order valence-electron chi connectivity index (χ3n) is 4.37. The highest BCUT2D eigenvalue weighted by Crippen LogP contribution is 2.42. The second kappa shape index (κ2) is 6.78. The molecule has 4 rings (SSSR count). The molecule has 3 heterocycles. The maximum atomic E-state index is 6.20. The first-order valence-electron chi connectivity index (χ1n) is 8.11. The molecule has 0 spiro atoms. The lowest BCUT2D eigenvalue weighted by Crippen LogP contribution is -2.37. The Hall–Kier alpha value is -1.89. The summed E-state index contributed by atoms with van der Waals surface area (Å²) in [6.45, 7) is 5.12. The van der Waals surface area contributed by atoms with Crippen LogP contribution in [0.4, 0.5) is 5.82 Å². The average molecular weight is 376 g/mol. The van der Waals surface area contributed by atoms with Crippen LogP contribution in [0.5, 0.6) is 5.75 Å². The fraction of sp³-hybridized carbons (Fsp3) is 0.333. The van der Waals surface area contributed by atoms with Crippen LogP contribution in [0, 0.1) is 6.92 Å². The van der Waals surface area contributed by atoms with Crippen LogP contribution in [-0.4, -0.2) is 43.4 Å². The highest BCUT2D eigenvalue weighted by atomic mass is 35.5. The molecule has 1 aliphatic heterocycles. The fourth-order valence-electron chi connectivity index (χ4n) is 3.18. The molecule has 25 heavy (non-hydrogen) atoms. The van der Waals surface area contributed by atoms with Crippen LogP contribution in [0.15, 0.2) is 24.3 Å². The maximum absolute atomic E-state index is 6.20. The number of aromatic nitrogens is 2. The van der Waals surface area contributed by atoms with Gasteiger partial charge in [0.05, 0.1) is 25.7 Å². The molecule has 0 saturated carbocycles. The molecular formula is C18H18ClN3O2S. The summed E-state index contributed by atoms with van der Waals surface area (Å²) in [6.07, 6.45) is 0. The second-order valence-electron chi connectivity index (χ2n) is 5.86. The lowest BCUT2D eigenvalue weighted by molar-refractivity contribution is 0.122. The first kappa shape index (κ1) is 16.6. The van der Waals surface area contributed by atoms with Gasteiger partial charge in [-0.3, -0.25) is 0 Å². The van der Waals surface area contributed by atoms with E-state index in [-0.39, 0.29) is 5.28 Å². The van der Waals surface area contributed by atoms with E-state index in [0.717, 1.165) is 40.4 Å². The van der Waals surface area contributed by atoms with Gasteiger partial charge in [0.2, 0.25) is 5.28 Å². The number of rotatable bonds is 3. The van der Waals surface area contributed by atoms with E-state index in [2.05, 4.69) is 33.9 Å². The summed E-state index contributed by atoms with van der Waals surface area (Å²) in [5, 5.41) is 1.36. The quantitative estimate of drug-likeness (QED) is 0.643. The van der Waals surface area contributed by atoms with Crippen molar-refractivity contribution in [1.29, 1.82) is 0 Å². The number of thiophene rings is 1. The van der Waals surface area contributed by atoms with E-state index in [0.29, 0.717) is 13.2 Å². The number of ether oxygens (including phenoxy) is 2. The Morgan fingerprint density at radius 1 is 1.16 bits per heavy atom. The molecule has 5 nitrogen and oxygen atoms in total. The molecule has 130 valence electrons. The molecule has 1 aromatic carbocycles. The fourth-order valence-corrected chi connectivity index (χ4v) is 4.43. The van der Waals surface area contributed by atoms with E-state index >= 15 is 0 Å². The normalized spacial score (nSPS) is 14.9. The van der Waals surface area contributed by atoms with Crippen molar-refractivity contribution in [2.45, 2.75) is 6.92 Å². The van der Waals surface area contributed by atoms with Gasteiger partial charge in [-0.1, -0.05) is 12.1 Å². The molecule has 1 aliphatic rings. The highest BCUT2D eigenvalue weighted by Gasteiger charge is 2.23. The number of benzene rings is 1. The molecule has 2 aromatic heterocycles. The number of aryl methyl sites for hydroxylation is 1. The lowest BCUT2D eigenvalue weighted by Gasteiger charge is -2.28. The van der Waals surface area contributed by atoms with Crippen LogP contribution in [0.25, 0.3) is 21.3 Å². The van der Waals surface area contributed by atoms with E-state index < -0.39 is 0 Å². The number of morpholine rings is 1. The molecular weight excluding hydrogens is 358 g/mol. The van der Waals surface area contributed by atoms with Gasteiger partial charge in [0, 0.05) is 23.5 Å². The Balaban J connectivity index is 1.92. The second-order valence-corrected chi connectivity index (χ2v) is 7.40. The number of fused-ring (bicyclic) bond motifs is 1. The van der Waals surface area contributed by atoms with Gasteiger partial charge in [-0.05, 0) is 36.2 Å². The van der Waals surface area contributed by atoms with Crippen molar-refractivity contribution in [2.75, 3.05) is 38.3 Å². The Kier molecular flexibility index (Phi) is 4.50. The third kappa shape index (κ3) is 3.05. The summed E-state index contributed by atoms with van der Waals surface area (Å²) in [5.74, 6) is 1.74. The van der Waals surface area contributed by atoms with Gasteiger partial charge in [-0.25, -0.2) is 4.98 Å². The van der Waals surface area contributed by atoms with Crippen LogP contribution in [-0.2, 0) is 4.74 Å². The molecule has 0 radical (unpaired) electrons. The molecule has 0 bridgehead atoms. The molecule has 3 aromatic rings. The van der Waals surface area contributed by atoms with E-state index in [1.165, 1.54) is 10.4 Å². The summed E-state index contributed by atoms with van der Waals surface area (Å²) in [5.41, 5.74) is 2.30. The first-order chi connectivity index (χ1) is 12.2. The summed E-state index contributed by atoms with van der Waals surface area (Å²) < 4.78 is 10.8. The van der Waals surface area contributed by atoms with Crippen LogP contribution < -0.4 is 9.64 Å². The third-order valence-corrected chi connectivity index (χ3v) is 5.54. The molecule has 7 heteroatoms. The van der Waals surface area contributed by atoms with Crippen molar-refractivity contribution < 1.29 is 9.47 Å². The van der Waals surface area contributed by atoms with E-state index in [4.69, 9.17) is 21.1 Å². The van der Waals surface area contributed by atoms with Crippen molar-refractivity contribution in [3.05, 3.63) is 34.4 Å². The van der Waals surface area contributed by atoms with E-state index in [1.54, 1.807) is 18.4 Å². The molecule has 0 N–H and O–H groups in total. The Labute approximate surface area is 155 Å². The molecule has 0 unspecified atom stereocenters. The van der Waals surface area contributed by atoms with Crippen LogP contribution in [0.1, 0.15) is 4.88 Å². The van der Waals surface area contributed by atoms with Gasteiger partial charge >= 0.3 is 0 Å². The maximum Gasteiger partial charge on any atom is 0.225 e. The SMILES string of the molecule is COc1ccc(-c2c(C)sc3nc(Cl)nc(N4CCOCC4)c23)cc1. The average Bonchev–Trinajstić information content (AvgIpc) is 2.97. The van der Waals surface area contributed by atoms with Gasteiger partial charge in [-0.15, -0.1) is 11.3 Å². The summed E-state index contributed by atoms with van der Waals surface area (Å²) >= 11 is 7.85. The summed E-state index contributed by atoms with van der Waals surface area (Å²) in [4.78, 5) is 13.4. The van der Waals surface area contributed by atoms with Gasteiger partial charge in [-0.2, -0.15) is 4.98 Å². The van der Waals surface area contributed by atoms with Gasteiger partial charge < -0.3 is 14.4 Å². The van der Waals surface area contributed by atoms with Gasteiger partial charge in [0.15, 0.2) is 0 Å². The van der Waals surface area contributed by atoms with Crippen LogP contribution in [0.3, 0.4) is 0 Å². The molecule has 0 atom stereocenters. The molecule has 0 amide bonds. The van der Waals surface area contributed by atoms with Crippen molar-refractivity contribution in [1.82, 2.24) is 9.97 Å². The number of hydrogen-bond donors (Lipinski definition) is 0. The number of halogens is 1. The van der Waals surface area contributed by atoms with Crippen LogP contribution in [0.2, 0.25) is 5.28 Å². The minimum atomic E-state index is 0.288. The molecule has 0 aliphatic carbocycles. The van der Waals surface area contributed by atoms with E-state index in [1.807, 2.05) is 12.1 Å². The minimum Gasteiger partial charge on any atom is -0.497 e. The van der Waals surface area contributed by atoms with Crippen molar-refractivity contribution in [2.24, 2.45) is 0 Å². The zero-order valence-electron chi connectivity index (χ0n) is 14.1. The zero-order chi connectivity index (χ0) is 17.4. The standard InChI is InChI=1S/C18H18ClN3O2S/c1-11-14(12-3-5-13(23-2)6-4-12)15-16(22-7-9-24-10-8-22)20-18(19)21-17(15)25-11/h3-6H,7-10H2,1-2H3. The Morgan fingerprint density at radius 3 is 2.56 bits per heavy atom. The summed E-state index contributed by atoms with van der Waals surface area (Å²) in [7, 11) is 1.67. The highest BCUT2D eigenvalue weighted by molar-refractivity contribution is 7.19. The monoisotopic (exact) mass is 375 g/mol. The largest absolute Gasteiger partial charge is 0.497 e. The van der Waals surface area contributed by atoms with Crippen molar-refractivity contribution in [3.8, 4) is 16.9 Å². The van der Waals surface area contributed by atoms with Gasteiger partial charge in [0.25, 0.3) is 0 Å². The number of anilines is 1. The van der Waals surface area contributed by atoms with Crippen LogP contribution >= 0.6 is 22.9 Å². The molecule has 1 saturated heterocycles. The first-order valence-corrected chi connectivity index (χ1v) is 9.30. The predicted molar refractivity (Wildman–Crippen MR) is 102 cm³/mol. The van der Waals surface area contributed by atoms with Crippen molar-refractivity contribution >= 4 is 39.0 Å². The van der Waals surface area contributed by atoms with Gasteiger partial charge in [0.1, 0.15) is 16.4 Å². The predicted octanol–water partition coefficient (Wildman–Crippen LogP) is 4.17. The zero-order valence-corrected chi connectivity index (χ0v) is 15.7.